The lowest BCUT2D eigenvalue weighted by Gasteiger charge is -2.06. The summed E-state index contributed by atoms with van der Waals surface area (Å²) in [4.78, 5) is 11.9. The zero-order valence-electron chi connectivity index (χ0n) is 9.11. The van der Waals surface area contributed by atoms with E-state index >= 15 is 0 Å². The Morgan fingerprint density at radius 1 is 1.28 bits per heavy atom. The van der Waals surface area contributed by atoms with Crippen LogP contribution in [0.2, 0.25) is 9.36 Å². The minimum atomic E-state index is -1.03. The summed E-state index contributed by atoms with van der Waals surface area (Å²) in [5.74, 6) is -1.03. The average Bonchev–Trinajstić information content (AvgIpc) is 2.72. The van der Waals surface area contributed by atoms with Gasteiger partial charge in [0, 0.05) is 17.1 Å². The fourth-order valence-corrected chi connectivity index (χ4v) is 2.72. The van der Waals surface area contributed by atoms with Gasteiger partial charge in [0.2, 0.25) is 0 Å². The standard InChI is InChI=1S/C12H9Cl2NO2S/c13-10-5-7(1-3-9(10)12(16)17)15-6-8-2-4-11(14)18-8/h1-5,15H,6H2,(H,16,17). The zero-order chi connectivity index (χ0) is 13.1. The van der Waals surface area contributed by atoms with Crippen LogP contribution in [0.4, 0.5) is 5.69 Å². The van der Waals surface area contributed by atoms with Gasteiger partial charge in [-0.3, -0.25) is 0 Å². The highest BCUT2D eigenvalue weighted by molar-refractivity contribution is 7.16. The molecule has 94 valence electrons. The van der Waals surface area contributed by atoms with Crippen LogP contribution in [0.1, 0.15) is 15.2 Å². The molecule has 0 aliphatic rings. The minimum Gasteiger partial charge on any atom is -0.478 e. The van der Waals surface area contributed by atoms with Gasteiger partial charge in [-0.15, -0.1) is 11.3 Å². The van der Waals surface area contributed by atoms with Gasteiger partial charge >= 0.3 is 5.97 Å². The van der Waals surface area contributed by atoms with Crippen LogP contribution in [-0.2, 0) is 6.54 Å². The third kappa shape index (κ3) is 3.16. The Bertz CT molecular complexity index is 583. The summed E-state index contributed by atoms with van der Waals surface area (Å²) in [6.45, 7) is 0.625. The molecule has 0 fully saturated rings. The van der Waals surface area contributed by atoms with E-state index in [1.165, 1.54) is 17.4 Å². The Kier molecular flexibility index (Phi) is 4.11. The largest absolute Gasteiger partial charge is 0.478 e. The third-order valence-corrected chi connectivity index (χ3v) is 3.84. The number of hydrogen-bond acceptors (Lipinski definition) is 3. The van der Waals surface area contributed by atoms with Crippen LogP contribution in [0.15, 0.2) is 30.3 Å². The lowest BCUT2D eigenvalue weighted by atomic mass is 10.2. The predicted molar refractivity (Wildman–Crippen MR) is 75.1 cm³/mol. The molecule has 1 aromatic carbocycles. The number of benzene rings is 1. The Morgan fingerprint density at radius 3 is 2.61 bits per heavy atom. The van der Waals surface area contributed by atoms with E-state index in [0.29, 0.717) is 6.54 Å². The van der Waals surface area contributed by atoms with Crippen LogP contribution in [0.3, 0.4) is 0 Å². The van der Waals surface area contributed by atoms with Crippen molar-refractivity contribution in [3.05, 3.63) is 50.1 Å². The molecule has 0 aliphatic carbocycles. The number of carbonyl (C=O) groups is 1. The number of hydrogen-bond donors (Lipinski definition) is 2. The number of thiophene rings is 1. The number of carboxylic acids is 1. The van der Waals surface area contributed by atoms with E-state index in [1.807, 2.05) is 12.1 Å². The molecule has 0 amide bonds. The van der Waals surface area contributed by atoms with Gasteiger partial charge < -0.3 is 10.4 Å². The number of rotatable bonds is 4. The summed E-state index contributed by atoms with van der Waals surface area (Å²) in [5, 5.41) is 12.2. The van der Waals surface area contributed by atoms with Gasteiger partial charge in [-0.25, -0.2) is 4.79 Å². The highest BCUT2D eigenvalue weighted by atomic mass is 35.5. The quantitative estimate of drug-likeness (QED) is 0.882. The summed E-state index contributed by atoms with van der Waals surface area (Å²) in [6.07, 6.45) is 0. The van der Waals surface area contributed by atoms with Crippen LogP contribution in [0.5, 0.6) is 0 Å². The summed E-state index contributed by atoms with van der Waals surface area (Å²) in [5.41, 5.74) is 0.871. The second-order valence-electron chi connectivity index (χ2n) is 3.56. The van der Waals surface area contributed by atoms with E-state index < -0.39 is 5.97 Å². The van der Waals surface area contributed by atoms with Gasteiger partial charge in [-0.1, -0.05) is 23.2 Å². The summed E-state index contributed by atoms with van der Waals surface area (Å²) >= 11 is 13.2. The summed E-state index contributed by atoms with van der Waals surface area (Å²) in [6, 6.07) is 8.54. The van der Waals surface area contributed by atoms with Gasteiger partial charge in [-0.05, 0) is 30.3 Å². The Balaban J connectivity index is 2.06. The predicted octanol–water partition coefficient (Wildman–Crippen LogP) is 4.37. The molecule has 3 nitrogen and oxygen atoms in total. The number of aromatic carboxylic acids is 1. The van der Waals surface area contributed by atoms with Crippen molar-refractivity contribution in [3.8, 4) is 0 Å². The van der Waals surface area contributed by atoms with Gasteiger partial charge in [0.15, 0.2) is 0 Å². The number of carboxylic acid groups (broad SMARTS) is 1. The second-order valence-corrected chi connectivity index (χ2v) is 5.77. The molecule has 0 radical (unpaired) electrons. The van der Waals surface area contributed by atoms with Crippen molar-refractivity contribution in [1.29, 1.82) is 0 Å². The van der Waals surface area contributed by atoms with Gasteiger partial charge in [0.25, 0.3) is 0 Å². The fraction of sp³-hybridized carbons (Fsp3) is 0.0833. The van der Waals surface area contributed by atoms with Crippen LogP contribution in [-0.4, -0.2) is 11.1 Å². The highest BCUT2D eigenvalue weighted by Crippen LogP contribution is 2.24. The molecular weight excluding hydrogens is 293 g/mol. The smallest absolute Gasteiger partial charge is 0.337 e. The van der Waals surface area contributed by atoms with Gasteiger partial charge in [-0.2, -0.15) is 0 Å². The normalized spacial score (nSPS) is 10.3. The van der Waals surface area contributed by atoms with Crippen molar-refractivity contribution < 1.29 is 9.90 Å². The molecule has 6 heteroatoms. The van der Waals surface area contributed by atoms with Crippen molar-refractivity contribution in [2.45, 2.75) is 6.54 Å². The first-order valence-corrected chi connectivity index (χ1v) is 6.64. The van der Waals surface area contributed by atoms with Crippen LogP contribution < -0.4 is 5.32 Å². The minimum absolute atomic E-state index is 0.0985. The SMILES string of the molecule is O=C(O)c1ccc(NCc2ccc(Cl)s2)cc1Cl. The van der Waals surface area contributed by atoms with E-state index in [9.17, 15) is 4.79 Å². The molecule has 0 bridgehead atoms. The molecule has 18 heavy (non-hydrogen) atoms. The maximum absolute atomic E-state index is 10.8. The van der Waals surface area contributed by atoms with Crippen molar-refractivity contribution in [3.63, 3.8) is 0 Å². The topological polar surface area (TPSA) is 49.3 Å². The molecule has 2 rings (SSSR count). The molecule has 0 saturated carbocycles. The fourth-order valence-electron chi connectivity index (χ4n) is 1.43. The monoisotopic (exact) mass is 301 g/mol. The lowest BCUT2D eigenvalue weighted by molar-refractivity contribution is 0.0697. The average molecular weight is 302 g/mol. The molecule has 0 aliphatic heterocycles. The highest BCUT2D eigenvalue weighted by Gasteiger charge is 2.08. The first-order chi connectivity index (χ1) is 8.56. The van der Waals surface area contributed by atoms with Crippen molar-refractivity contribution in [1.82, 2.24) is 0 Å². The maximum Gasteiger partial charge on any atom is 0.337 e. The first-order valence-electron chi connectivity index (χ1n) is 5.07. The Hall–Kier alpha value is -1.23. The lowest BCUT2D eigenvalue weighted by Crippen LogP contribution is -2.00. The second kappa shape index (κ2) is 5.61. The molecule has 0 saturated heterocycles. The zero-order valence-corrected chi connectivity index (χ0v) is 11.4. The molecule has 1 aromatic heterocycles. The number of halogens is 2. The number of nitrogens with one attached hydrogen (secondary N) is 1. The van der Waals surface area contributed by atoms with E-state index in [-0.39, 0.29) is 10.6 Å². The molecule has 0 atom stereocenters. The van der Waals surface area contributed by atoms with Crippen LogP contribution >= 0.6 is 34.5 Å². The van der Waals surface area contributed by atoms with Crippen LogP contribution in [0.25, 0.3) is 0 Å². The van der Waals surface area contributed by atoms with Crippen LogP contribution in [0, 0.1) is 0 Å². The molecule has 1 heterocycles. The van der Waals surface area contributed by atoms with E-state index in [0.717, 1.165) is 14.9 Å². The molecule has 0 unspecified atom stereocenters. The molecular formula is C12H9Cl2NO2S. The van der Waals surface area contributed by atoms with Gasteiger partial charge in [0.05, 0.1) is 14.9 Å². The van der Waals surface area contributed by atoms with Crippen molar-refractivity contribution in [2.24, 2.45) is 0 Å². The third-order valence-electron chi connectivity index (χ3n) is 2.30. The van der Waals surface area contributed by atoms with E-state index in [4.69, 9.17) is 28.3 Å². The maximum atomic E-state index is 10.8. The molecule has 2 aromatic rings. The number of anilines is 1. The van der Waals surface area contributed by atoms with Gasteiger partial charge in [0.1, 0.15) is 0 Å². The van der Waals surface area contributed by atoms with E-state index in [2.05, 4.69) is 5.32 Å². The summed E-state index contributed by atoms with van der Waals surface area (Å²) < 4.78 is 0.742. The van der Waals surface area contributed by atoms with Crippen molar-refractivity contribution >= 4 is 46.2 Å². The van der Waals surface area contributed by atoms with Crippen molar-refractivity contribution in [2.75, 3.05) is 5.32 Å². The Morgan fingerprint density at radius 2 is 2.06 bits per heavy atom. The summed E-state index contributed by atoms with van der Waals surface area (Å²) in [7, 11) is 0. The molecule has 2 N–H and O–H groups in total. The van der Waals surface area contributed by atoms with E-state index in [1.54, 1.807) is 12.1 Å². The molecule has 0 spiro atoms. The Labute approximate surface area is 118 Å². The first kappa shape index (κ1) is 13.2.